The van der Waals surface area contributed by atoms with Gasteiger partial charge in [-0.1, -0.05) is 38.1 Å². The van der Waals surface area contributed by atoms with Crippen LogP contribution in [-0.2, 0) is 68.3 Å². The van der Waals surface area contributed by atoms with E-state index in [-0.39, 0.29) is 48.7 Å². The summed E-state index contributed by atoms with van der Waals surface area (Å²) in [7, 11) is -17.7. The fourth-order valence-corrected chi connectivity index (χ4v) is 10.5. The number of carbonyl (C=O) groups excluding carboxylic acids is 3. The van der Waals surface area contributed by atoms with E-state index in [0.29, 0.717) is 12.8 Å². The van der Waals surface area contributed by atoms with E-state index in [1.165, 1.54) is 13.8 Å². The Balaban J connectivity index is 0.994. The highest BCUT2D eigenvalue weighted by Gasteiger charge is 2.49. The average molecular weight is 1050 g/mol. The van der Waals surface area contributed by atoms with Crippen molar-refractivity contribution in [2.75, 3.05) is 32.0 Å². The van der Waals surface area contributed by atoms with Crippen LogP contribution < -0.4 is 35.9 Å². The van der Waals surface area contributed by atoms with Crippen LogP contribution in [0.4, 0.5) is 5.82 Å². The highest BCUT2D eigenvalue weighted by atomic mass is 31.3. The van der Waals surface area contributed by atoms with Crippen LogP contribution >= 0.6 is 23.5 Å². The Kier molecular flexibility index (Phi) is 18.8. The van der Waals surface area contributed by atoms with Crippen molar-refractivity contribution in [2.45, 2.75) is 123 Å². The number of benzene rings is 1. The topological polar surface area (TPSA) is 412 Å². The van der Waals surface area contributed by atoms with Gasteiger partial charge in [0.25, 0.3) is 15.6 Å². The third kappa shape index (κ3) is 15.9. The van der Waals surface area contributed by atoms with Gasteiger partial charge in [-0.2, -0.15) is 0 Å². The van der Waals surface area contributed by atoms with Crippen molar-refractivity contribution >= 4 is 64.0 Å². The van der Waals surface area contributed by atoms with Gasteiger partial charge in [-0.3, -0.25) is 32.9 Å². The van der Waals surface area contributed by atoms with E-state index in [0.717, 1.165) is 66.9 Å². The largest absolute Gasteiger partial charge is 0.790 e. The molecule has 1 aromatic carbocycles. The molecule has 7 atom stereocenters. The summed E-state index contributed by atoms with van der Waals surface area (Å²) in [5, 5.41) is 35.9. The molecule has 29 heteroatoms. The van der Waals surface area contributed by atoms with E-state index in [4.69, 9.17) is 10.5 Å². The Morgan fingerprint density at radius 3 is 2.24 bits per heavy atom. The number of fused-ring (bicyclic) bond motifs is 1. The summed E-state index contributed by atoms with van der Waals surface area (Å²) >= 11 is 0. The average Bonchev–Trinajstić information content (AvgIpc) is 3.84. The molecule has 2 aliphatic rings. The summed E-state index contributed by atoms with van der Waals surface area (Å²) in [5.74, 6) is -2.37. The van der Waals surface area contributed by atoms with Gasteiger partial charge in [-0.15, -0.1) is 0 Å². The number of phosphoric acid groups is 3. The molecule has 2 fully saturated rings. The maximum Gasteiger partial charge on any atom is 0.309 e. The third-order valence-corrected chi connectivity index (χ3v) is 15.1. The van der Waals surface area contributed by atoms with Gasteiger partial charge in [0.2, 0.25) is 11.8 Å². The van der Waals surface area contributed by atoms with E-state index >= 15 is 0 Å². The van der Waals surface area contributed by atoms with E-state index in [9.17, 15) is 67.8 Å². The standard InChI is InChI=1S/C41H62N7O19P3/c1-39(2,38(54)55)14-6-10-25-8-5-9-26(20-25)11-7-15-41(16-17-41)28(49)12-18-43-29(50)13-19-44-36(53)33(52)40(3,4)22-64-70(61,62)67-69(59,60)63-21-27-32(66-68(56,57)58)31(51)37(65-27)48-24-47-30-34(42)45-23-46-35(30)48/h5,8-9,20,23-24,27,31-33,37,51-52H,6-7,10-19,21-22H2,1-4H3,(H,43,50)(H,44,53)(H,54,55)(H,59,60)(H,61,62)(H2,42,45,46)(H2,56,57,58)/p-4. The minimum absolute atomic E-state index is 0.0274. The Morgan fingerprint density at radius 1 is 0.957 bits per heavy atom. The van der Waals surface area contributed by atoms with Crippen molar-refractivity contribution in [1.82, 2.24) is 30.2 Å². The van der Waals surface area contributed by atoms with Gasteiger partial charge < -0.3 is 74.1 Å². The number of rotatable bonds is 29. The van der Waals surface area contributed by atoms with Crippen LogP contribution in [0.5, 0.6) is 0 Å². The number of aryl methyl sites for hydroxylation is 2. The maximum atomic E-state index is 13.1. The lowest BCUT2D eigenvalue weighted by atomic mass is 9.86. The number of amides is 2. The molecular formula is C41H58N7O19P3-4. The summed E-state index contributed by atoms with van der Waals surface area (Å²) in [5.41, 5.74) is 5.13. The van der Waals surface area contributed by atoms with Crippen LogP contribution in [0.1, 0.15) is 96.4 Å². The predicted molar refractivity (Wildman–Crippen MR) is 236 cm³/mol. The molecule has 0 bridgehead atoms. The van der Waals surface area contributed by atoms with Crippen molar-refractivity contribution < 1.29 is 90.4 Å². The van der Waals surface area contributed by atoms with Crippen LogP contribution in [0.25, 0.3) is 11.2 Å². The number of carboxylic acid groups (broad SMARTS) is 1. The number of hydrogen-bond donors (Lipinski definition) is 6. The number of aliphatic hydroxyl groups excluding tert-OH is 2. The van der Waals surface area contributed by atoms with E-state index in [1.54, 1.807) is 13.8 Å². The second-order valence-electron chi connectivity index (χ2n) is 18.7. The number of carbonyl (C=O) groups is 4. The number of aliphatic carboxylic acids is 1. The van der Waals surface area contributed by atoms with E-state index in [1.807, 2.05) is 18.2 Å². The third-order valence-electron chi connectivity index (χ3n) is 12.1. The number of imidazole rings is 1. The number of hydrogen-bond acceptors (Lipinski definition) is 22. The van der Waals surface area contributed by atoms with E-state index < -0.39 is 101 Å². The summed E-state index contributed by atoms with van der Waals surface area (Å²) in [4.78, 5) is 110. The molecule has 7 unspecified atom stereocenters. The van der Waals surface area contributed by atoms with Gasteiger partial charge >= 0.3 is 5.97 Å². The number of nitrogens with one attached hydrogen (secondary N) is 2. The van der Waals surface area contributed by atoms with Crippen molar-refractivity contribution in [3.63, 3.8) is 0 Å². The number of ketones is 1. The fourth-order valence-electron chi connectivity index (χ4n) is 7.73. The first-order chi connectivity index (χ1) is 32.5. The van der Waals surface area contributed by atoms with Crippen molar-refractivity contribution in [1.29, 1.82) is 0 Å². The number of anilines is 1. The zero-order chi connectivity index (χ0) is 51.9. The summed E-state index contributed by atoms with van der Waals surface area (Å²) in [6.07, 6.45) is -1.66. The molecule has 5 rings (SSSR count). The predicted octanol–water partition coefficient (Wildman–Crippen LogP) is 0.0727. The number of aliphatic hydroxyl groups is 2. The van der Waals surface area contributed by atoms with Gasteiger partial charge in [0.1, 0.15) is 42.0 Å². The van der Waals surface area contributed by atoms with Gasteiger partial charge in [0, 0.05) is 36.8 Å². The lowest BCUT2D eigenvalue weighted by Gasteiger charge is -2.36. The lowest BCUT2D eigenvalue weighted by molar-refractivity contribution is -0.347. The number of aromatic nitrogens is 4. The summed E-state index contributed by atoms with van der Waals surface area (Å²) in [6, 6.07) is 8.16. The molecule has 1 aliphatic carbocycles. The van der Waals surface area contributed by atoms with Crippen LogP contribution in [0.2, 0.25) is 0 Å². The zero-order valence-corrected chi connectivity index (χ0v) is 41.5. The molecule has 1 saturated carbocycles. The highest BCUT2D eigenvalue weighted by Crippen LogP contribution is 2.57. The highest BCUT2D eigenvalue weighted by molar-refractivity contribution is 7.59. The number of ether oxygens (including phenoxy) is 1. The molecular weight excluding hydrogens is 987 g/mol. The molecule has 2 amide bonds. The van der Waals surface area contributed by atoms with Crippen LogP contribution in [0, 0.1) is 16.2 Å². The van der Waals surface area contributed by atoms with Gasteiger partial charge in [-0.25, -0.2) is 19.3 Å². The first-order valence-corrected chi connectivity index (χ1v) is 26.6. The number of nitrogens with zero attached hydrogens (tertiary/aromatic N) is 4. The quantitative estimate of drug-likeness (QED) is 0.0501. The number of nitrogen functional groups attached to an aromatic ring is 1. The Bertz CT molecular complexity index is 2500. The molecule has 26 nitrogen and oxygen atoms in total. The molecule has 1 aliphatic heterocycles. The van der Waals surface area contributed by atoms with Crippen LogP contribution in [0.15, 0.2) is 36.9 Å². The molecule has 7 N–H and O–H groups in total. The molecule has 0 spiro atoms. The molecule has 3 heterocycles. The number of Topliss-reactive ketones (excluding diaryl/α,β-unsaturated/α-hetero) is 1. The minimum atomic E-state index is -5.94. The molecule has 1 saturated heterocycles. The van der Waals surface area contributed by atoms with Gasteiger partial charge in [0.15, 0.2) is 17.7 Å². The van der Waals surface area contributed by atoms with Crippen molar-refractivity contribution in [3.05, 3.63) is 48.0 Å². The normalized spacial score (nSPS) is 21.4. The second kappa shape index (κ2) is 23.2. The van der Waals surface area contributed by atoms with Crippen molar-refractivity contribution in [2.24, 2.45) is 16.2 Å². The van der Waals surface area contributed by atoms with Gasteiger partial charge in [-0.05, 0) is 76.3 Å². The first-order valence-electron chi connectivity index (χ1n) is 22.2. The zero-order valence-electron chi connectivity index (χ0n) is 38.8. The molecule has 3 aromatic rings. The summed E-state index contributed by atoms with van der Waals surface area (Å²) < 4.78 is 60.9. The van der Waals surface area contributed by atoms with Crippen LogP contribution in [-0.4, -0.2) is 109 Å². The Labute approximate surface area is 402 Å². The Morgan fingerprint density at radius 2 is 1.60 bits per heavy atom. The lowest BCUT2D eigenvalue weighted by Crippen LogP contribution is -2.46. The second-order valence-corrected chi connectivity index (χ2v) is 22.7. The maximum absolute atomic E-state index is 13.1. The van der Waals surface area contributed by atoms with Crippen molar-refractivity contribution in [3.8, 4) is 0 Å². The first kappa shape index (κ1) is 56.8. The SMILES string of the molecule is CC(C)(CCCc1cccc(CCCC2(C(=O)CCNC(=O)CCNC(=O)C(O)C(C)(C)COP(=O)([O-])OP(=O)([O-])OCC3OC(n4cnc5c(N)ncnc54)C(O)C3OP(=O)([O-])[O-])CC2)c1)C(=O)O. The molecule has 2 aromatic heterocycles. The summed E-state index contributed by atoms with van der Waals surface area (Å²) in [6.45, 7) is 3.36. The van der Waals surface area contributed by atoms with E-state index in [2.05, 4.69) is 49.5 Å². The van der Waals surface area contributed by atoms with Gasteiger partial charge in [0.05, 0.1) is 32.8 Å². The number of phosphoric ester groups is 3. The number of nitrogens with two attached hydrogens (primary N) is 1. The minimum Gasteiger partial charge on any atom is -0.790 e. The smallest absolute Gasteiger partial charge is 0.309 e. The van der Waals surface area contributed by atoms with Crippen LogP contribution in [0.3, 0.4) is 0 Å². The molecule has 390 valence electrons. The molecule has 0 radical (unpaired) electrons. The monoisotopic (exact) mass is 1050 g/mol. The Hall–Kier alpha value is -4.10. The number of carboxylic acids is 1. The molecule has 70 heavy (non-hydrogen) atoms. The fraction of sp³-hybridized carbons (Fsp3) is 0.634.